The third-order valence-electron chi connectivity index (χ3n) is 10.7. The van der Waals surface area contributed by atoms with Crippen LogP contribution in [-0.2, 0) is 20.0 Å². The van der Waals surface area contributed by atoms with Gasteiger partial charge in [-0.3, -0.25) is 0 Å². The van der Waals surface area contributed by atoms with Gasteiger partial charge in [0.05, 0.1) is 0 Å². The molecule has 0 aromatic heterocycles. The van der Waals surface area contributed by atoms with E-state index in [4.69, 9.17) is 0 Å². The second-order valence-corrected chi connectivity index (χ2v) is 31.1. The van der Waals surface area contributed by atoms with E-state index in [2.05, 4.69) is 134 Å². The summed E-state index contributed by atoms with van der Waals surface area (Å²) in [5.41, 5.74) is 18.2. The molecule has 0 saturated carbocycles. The summed E-state index contributed by atoms with van der Waals surface area (Å²) in [7, 11) is 0. The van der Waals surface area contributed by atoms with Gasteiger partial charge in [-0.05, 0) is 0 Å². The Morgan fingerprint density at radius 2 is 1.02 bits per heavy atom. The normalized spacial score (nSPS) is 20.7. The molecule has 4 aromatic rings. The Hall–Kier alpha value is -2.77. The molecule has 2 aliphatic carbocycles. The second kappa shape index (κ2) is 10.4. The van der Waals surface area contributed by atoms with Crippen LogP contribution in [0.2, 0.25) is 9.36 Å². The van der Waals surface area contributed by atoms with E-state index in [0.717, 1.165) is 0 Å². The molecule has 3 aliphatic rings. The fourth-order valence-corrected chi connectivity index (χ4v) is 26.4. The van der Waals surface area contributed by atoms with E-state index in [1.165, 1.54) is 70.2 Å². The molecule has 0 bridgehead atoms. The summed E-state index contributed by atoms with van der Waals surface area (Å²) in [5.74, 6) is 0. The van der Waals surface area contributed by atoms with Crippen LogP contribution in [0.1, 0.15) is 80.3 Å². The van der Waals surface area contributed by atoms with Gasteiger partial charge in [-0.25, -0.2) is 0 Å². The summed E-state index contributed by atoms with van der Waals surface area (Å²) < 4.78 is 6.83. The molecule has 0 nitrogen and oxygen atoms in total. The molecule has 1 fully saturated rings. The quantitative estimate of drug-likeness (QED) is 0.174. The first-order valence-electron chi connectivity index (χ1n) is 16.1. The number of rotatable bonds is 6. The van der Waals surface area contributed by atoms with Crippen molar-refractivity contribution in [2.75, 3.05) is 0 Å². The van der Waals surface area contributed by atoms with Crippen LogP contribution in [0.25, 0.3) is 34.4 Å². The summed E-state index contributed by atoms with van der Waals surface area (Å²) in [6.07, 6.45) is 10.4. The molecule has 7 rings (SSSR count). The Labute approximate surface area is 257 Å². The SMILES string of the molecule is CCCC1(CCC)C2=Cc3c(-c4cccc(C)c4)cccc3[CH]2[Hf]([CH3])([CH3])[CH]2C1=Cc1c(-c3cccc(C)c3)cccc12. The van der Waals surface area contributed by atoms with Crippen molar-refractivity contribution in [2.24, 2.45) is 5.41 Å². The Balaban J connectivity index is 1.49. The van der Waals surface area contributed by atoms with Crippen molar-refractivity contribution in [3.63, 3.8) is 0 Å². The molecule has 0 spiro atoms. The number of allylic oxidation sites excluding steroid dienone is 2. The summed E-state index contributed by atoms with van der Waals surface area (Å²) in [5, 5.41) is 0. The first-order chi connectivity index (χ1) is 20.3. The fraction of sp³-hybridized carbons (Fsp3) is 0.317. The van der Waals surface area contributed by atoms with Gasteiger partial charge in [0, 0.05) is 0 Å². The van der Waals surface area contributed by atoms with Crippen LogP contribution in [0.15, 0.2) is 96.1 Å². The van der Waals surface area contributed by atoms with Crippen LogP contribution < -0.4 is 0 Å². The maximum absolute atomic E-state index is 3.08. The molecule has 0 radical (unpaired) electrons. The standard InChI is InChI=1S/C39H38.2CH3.Hf/c1-5-19-39(20-6-2,33-23-31-15-9-17-35(37(31)25-33)29-13-7-11-27(3)21-29)34-24-32-16-10-18-36(38(32)26-34)30-14-8-12-28(4)22-30;;;/h7-18,21-26H,5-6,19-20H2,1-4H3;2*1H3;. The molecule has 2 atom stereocenters. The van der Waals surface area contributed by atoms with Crippen LogP contribution in [0.3, 0.4) is 0 Å². The van der Waals surface area contributed by atoms with E-state index in [1.54, 1.807) is 22.3 Å². The van der Waals surface area contributed by atoms with Crippen molar-refractivity contribution in [3.05, 3.63) is 129 Å². The van der Waals surface area contributed by atoms with Gasteiger partial charge in [-0.1, -0.05) is 0 Å². The van der Waals surface area contributed by atoms with E-state index in [1.807, 2.05) is 0 Å². The van der Waals surface area contributed by atoms with Gasteiger partial charge in [-0.15, -0.1) is 0 Å². The van der Waals surface area contributed by atoms with Gasteiger partial charge in [0.2, 0.25) is 0 Å². The summed E-state index contributed by atoms with van der Waals surface area (Å²) >= 11 is -3.08. The molecule has 42 heavy (non-hydrogen) atoms. The van der Waals surface area contributed by atoms with Gasteiger partial charge in [0.25, 0.3) is 0 Å². The van der Waals surface area contributed by atoms with Gasteiger partial charge >= 0.3 is 259 Å². The molecule has 2 unspecified atom stereocenters. The minimum absolute atomic E-state index is 0.139. The number of fused-ring (bicyclic) bond motifs is 6. The molecule has 0 N–H and O–H groups in total. The van der Waals surface area contributed by atoms with E-state index < -0.39 is 20.0 Å². The predicted octanol–water partition coefficient (Wildman–Crippen LogP) is 12.1. The average molecular weight is 715 g/mol. The zero-order valence-corrected chi connectivity index (χ0v) is 29.8. The first kappa shape index (κ1) is 28.0. The van der Waals surface area contributed by atoms with E-state index in [-0.39, 0.29) is 5.41 Å². The fourth-order valence-electron chi connectivity index (χ4n) is 9.25. The first-order valence-corrected chi connectivity index (χ1v) is 27.5. The van der Waals surface area contributed by atoms with Crippen molar-refractivity contribution < 1.29 is 20.0 Å². The van der Waals surface area contributed by atoms with Gasteiger partial charge in [0.15, 0.2) is 0 Å². The summed E-state index contributed by atoms with van der Waals surface area (Å²) in [6.45, 7) is 9.25. The Kier molecular flexibility index (Phi) is 6.97. The Morgan fingerprint density at radius 1 is 0.595 bits per heavy atom. The molecule has 1 heterocycles. The van der Waals surface area contributed by atoms with Crippen LogP contribution in [-0.4, -0.2) is 0 Å². The molecular formula is C41H44Hf. The van der Waals surface area contributed by atoms with Crippen LogP contribution in [0.5, 0.6) is 0 Å². The second-order valence-electron chi connectivity index (χ2n) is 13.8. The third-order valence-corrected chi connectivity index (χ3v) is 25.9. The average Bonchev–Trinajstić information content (AvgIpc) is 3.58. The maximum atomic E-state index is 2.79. The predicted molar refractivity (Wildman–Crippen MR) is 179 cm³/mol. The van der Waals surface area contributed by atoms with Crippen LogP contribution in [0.4, 0.5) is 0 Å². The molecule has 1 saturated heterocycles. The van der Waals surface area contributed by atoms with Crippen molar-refractivity contribution in [1.29, 1.82) is 0 Å². The Bertz CT molecular complexity index is 1630. The summed E-state index contributed by atoms with van der Waals surface area (Å²) in [6, 6.07) is 32.7. The number of hydrogen-bond acceptors (Lipinski definition) is 0. The van der Waals surface area contributed by atoms with Crippen LogP contribution >= 0.6 is 0 Å². The van der Waals surface area contributed by atoms with E-state index >= 15 is 0 Å². The van der Waals surface area contributed by atoms with Crippen molar-refractivity contribution in [3.8, 4) is 22.3 Å². The number of benzene rings is 4. The third kappa shape index (κ3) is 4.10. The zero-order valence-electron chi connectivity index (χ0n) is 26.2. The van der Waals surface area contributed by atoms with Gasteiger partial charge in [-0.2, -0.15) is 0 Å². The van der Waals surface area contributed by atoms with Crippen molar-refractivity contribution in [2.45, 2.75) is 70.1 Å². The monoisotopic (exact) mass is 716 g/mol. The van der Waals surface area contributed by atoms with Gasteiger partial charge < -0.3 is 0 Å². The van der Waals surface area contributed by atoms with E-state index in [9.17, 15) is 0 Å². The Morgan fingerprint density at radius 3 is 1.43 bits per heavy atom. The number of aryl methyl sites for hydroxylation is 2. The molecule has 0 amide bonds. The van der Waals surface area contributed by atoms with E-state index in [0.29, 0.717) is 7.35 Å². The molecule has 1 heteroatoms. The zero-order chi connectivity index (χ0) is 29.2. The van der Waals surface area contributed by atoms with Crippen molar-refractivity contribution in [1.82, 2.24) is 0 Å². The molecule has 4 aromatic carbocycles. The molecule has 1 aliphatic heterocycles. The molecular weight excluding hydrogens is 671 g/mol. The minimum atomic E-state index is -3.08. The van der Waals surface area contributed by atoms with Crippen LogP contribution in [0, 0.1) is 19.3 Å². The van der Waals surface area contributed by atoms with Crippen molar-refractivity contribution >= 4 is 12.2 Å². The number of hydrogen-bond donors (Lipinski definition) is 0. The molecule has 212 valence electrons. The summed E-state index contributed by atoms with van der Waals surface area (Å²) in [4.78, 5) is 0. The van der Waals surface area contributed by atoms with Gasteiger partial charge in [0.1, 0.15) is 0 Å². The topological polar surface area (TPSA) is 0 Å².